The number of imidazole rings is 1. The van der Waals surface area contributed by atoms with Gasteiger partial charge in [-0.25, -0.2) is 4.98 Å². The van der Waals surface area contributed by atoms with Gasteiger partial charge < -0.3 is 15.2 Å². The summed E-state index contributed by atoms with van der Waals surface area (Å²) in [6.07, 6.45) is 2.79. The van der Waals surface area contributed by atoms with E-state index in [4.69, 9.17) is 15.8 Å². The van der Waals surface area contributed by atoms with E-state index < -0.39 is 5.91 Å². The van der Waals surface area contributed by atoms with Crippen molar-refractivity contribution in [2.45, 2.75) is 37.6 Å². The molecule has 2 amide bonds. The van der Waals surface area contributed by atoms with Gasteiger partial charge in [-0.05, 0) is 48.9 Å². The summed E-state index contributed by atoms with van der Waals surface area (Å²) in [5.74, 6) is 6.73. The Hall–Kier alpha value is -4.38. The molecular weight excluding hydrogens is 476 g/mol. The minimum Gasteiger partial charge on any atom is -0.363 e. The summed E-state index contributed by atoms with van der Waals surface area (Å²) in [5, 5.41) is 5.83. The highest BCUT2D eigenvalue weighted by Crippen LogP contribution is 2.55. The second-order valence-electron chi connectivity index (χ2n) is 10.7. The van der Waals surface area contributed by atoms with Crippen LogP contribution < -0.4 is 5.73 Å². The topological polar surface area (TPSA) is 99.0 Å². The lowest BCUT2D eigenvalue weighted by Gasteiger charge is -2.34. The Kier molecular flexibility index (Phi) is 4.99. The molecule has 38 heavy (non-hydrogen) atoms. The quantitative estimate of drug-likeness (QED) is 0.433. The zero-order valence-corrected chi connectivity index (χ0v) is 21.4. The molecule has 1 saturated heterocycles. The fraction of sp³-hybridized carbons (Fsp3) is 0.333. The second kappa shape index (κ2) is 8.32. The molecule has 1 saturated carbocycles. The third-order valence-electron chi connectivity index (χ3n) is 8.46. The van der Waals surface area contributed by atoms with E-state index in [1.54, 1.807) is 4.90 Å². The SMILES string of the molecule is CN1CC[C@@H](C#Cc2ccc3c(c2)-c2nc(C(N)=O)n(Cc4nn(C)c5ccccc45)c2C2CC3C2)C1=O. The van der Waals surface area contributed by atoms with E-state index in [1.807, 2.05) is 47.6 Å². The van der Waals surface area contributed by atoms with E-state index in [2.05, 4.69) is 30.0 Å². The highest BCUT2D eigenvalue weighted by Gasteiger charge is 2.42. The van der Waals surface area contributed by atoms with Gasteiger partial charge in [0.2, 0.25) is 5.91 Å². The largest absolute Gasteiger partial charge is 0.363 e. The summed E-state index contributed by atoms with van der Waals surface area (Å²) in [6.45, 7) is 1.17. The van der Waals surface area contributed by atoms with E-state index in [1.165, 1.54) is 5.56 Å². The van der Waals surface area contributed by atoms with Crippen LogP contribution in [0.25, 0.3) is 22.2 Å². The molecule has 8 rings (SSSR count). The average Bonchev–Trinajstić information content (AvgIpc) is 3.46. The number of nitrogens with two attached hydrogens (primary N) is 1. The fourth-order valence-electron chi connectivity index (χ4n) is 6.40. The van der Waals surface area contributed by atoms with Gasteiger partial charge in [-0.2, -0.15) is 5.10 Å². The number of carbonyl (C=O) groups excluding carboxylic acids is 2. The fourth-order valence-corrected chi connectivity index (χ4v) is 6.40. The van der Waals surface area contributed by atoms with Gasteiger partial charge in [0.05, 0.1) is 23.4 Å². The molecule has 8 nitrogen and oxygen atoms in total. The molecule has 8 heteroatoms. The highest BCUT2D eigenvalue weighted by atomic mass is 16.2. The molecule has 4 aliphatic rings. The van der Waals surface area contributed by atoms with Gasteiger partial charge in [0.15, 0.2) is 5.82 Å². The predicted molar refractivity (Wildman–Crippen MR) is 143 cm³/mol. The van der Waals surface area contributed by atoms with Crippen LogP contribution in [0.2, 0.25) is 0 Å². The molecule has 2 bridgehead atoms. The third kappa shape index (κ3) is 3.38. The smallest absolute Gasteiger partial charge is 0.284 e. The Morgan fingerprint density at radius 3 is 2.71 bits per heavy atom. The standard InChI is InChI=1S/C30H28N6O2/c1-34-12-11-18(30(34)38)9-7-17-8-10-21-19-14-20(15-19)27-26(23(21)13-17)32-29(28(31)37)36(27)16-24-22-5-3-4-6-25(22)35(2)33-24/h3-6,8,10,13,18-20H,11-12,14-16H2,1-2H3,(H2,31,37)/t18-,19?,20?/m1/s1. The molecule has 1 atom stereocenters. The average molecular weight is 505 g/mol. The minimum atomic E-state index is -0.546. The van der Waals surface area contributed by atoms with Gasteiger partial charge >= 0.3 is 0 Å². The van der Waals surface area contributed by atoms with Gasteiger partial charge in [0, 0.05) is 48.8 Å². The Morgan fingerprint density at radius 2 is 1.95 bits per heavy atom. The van der Waals surface area contributed by atoms with Crippen LogP contribution in [0, 0.1) is 17.8 Å². The van der Waals surface area contributed by atoms with Crippen LogP contribution in [-0.2, 0) is 18.4 Å². The van der Waals surface area contributed by atoms with Crippen molar-refractivity contribution in [3.63, 3.8) is 0 Å². The molecule has 0 spiro atoms. The van der Waals surface area contributed by atoms with Crippen molar-refractivity contribution in [2.75, 3.05) is 13.6 Å². The molecule has 2 N–H and O–H groups in total. The lowest BCUT2D eigenvalue weighted by atomic mass is 9.71. The van der Waals surface area contributed by atoms with Crippen molar-refractivity contribution in [1.29, 1.82) is 0 Å². The second-order valence-corrected chi connectivity index (χ2v) is 10.7. The number of hydrogen-bond donors (Lipinski definition) is 1. The van der Waals surface area contributed by atoms with Gasteiger partial charge in [0.1, 0.15) is 5.92 Å². The van der Waals surface area contributed by atoms with Crippen LogP contribution in [0.5, 0.6) is 0 Å². The number of hydrogen-bond acceptors (Lipinski definition) is 4. The molecule has 1 aliphatic heterocycles. The zero-order valence-electron chi connectivity index (χ0n) is 21.4. The van der Waals surface area contributed by atoms with Crippen LogP contribution in [0.15, 0.2) is 42.5 Å². The molecule has 0 unspecified atom stereocenters. The lowest BCUT2D eigenvalue weighted by molar-refractivity contribution is -0.128. The number of primary amides is 1. The maximum Gasteiger partial charge on any atom is 0.284 e. The molecule has 2 aromatic heterocycles. The summed E-state index contributed by atoms with van der Waals surface area (Å²) in [5.41, 5.74) is 12.8. The summed E-state index contributed by atoms with van der Waals surface area (Å²) in [4.78, 5) is 31.6. The number of fused-ring (bicyclic) bond motifs is 1. The number of amides is 2. The van der Waals surface area contributed by atoms with Gasteiger partial charge in [-0.3, -0.25) is 14.3 Å². The summed E-state index contributed by atoms with van der Waals surface area (Å²) in [7, 11) is 3.75. The van der Waals surface area contributed by atoms with Gasteiger partial charge in [0.25, 0.3) is 5.91 Å². The van der Waals surface area contributed by atoms with Crippen LogP contribution in [0.4, 0.5) is 0 Å². The molecule has 2 aromatic carbocycles. The normalized spacial score (nSPS) is 21.4. The van der Waals surface area contributed by atoms with E-state index in [-0.39, 0.29) is 17.6 Å². The van der Waals surface area contributed by atoms with Gasteiger partial charge in [-0.1, -0.05) is 36.1 Å². The van der Waals surface area contributed by atoms with Crippen molar-refractivity contribution in [2.24, 2.45) is 18.7 Å². The summed E-state index contributed by atoms with van der Waals surface area (Å²) in [6, 6.07) is 14.4. The number of aromatic nitrogens is 4. The number of likely N-dealkylation sites (tertiary alicyclic amines) is 1. The number of rotatable bonds is 3. The van der Waals surface area contributed by atoms with Crippen LogP contribution in [0.1, 0.15) is 64.2 Å². The Balaban J connectivity index is 1.34. The van der Waals surface area contributed by atoms with Gasteiger partial charge in [-0.15, -0.1) is 0 Å². The van der Waals surface area contributed by atoms with E-state index >= 15 is 0 Å². The molecule has 4 aromatic rings. The first-order chi connectivity index (χ1) is 18.4. The summed E-state index contributed by atoms with van der Waals surface area (Å²) < 4.78 is 3.87. The van der Waals surface area contributed by atoms with Crippen LogP contribution >= 0.6 is 0 Å². The van der Waals surface area contributed by atoms with Crippen molar-refractivity contribution in [1.82, 2.24) is 24.2 Å². The molecular formula is C30H28N6O2. The maximum absolute atomic E-state index is 12.6. The van der Waals surface area contributed by atoms with Crippen molar-refractivity contribution < 1.29 is 9.59 Å². The third-order valence-corrected chi connectivity index (χ3v) is 8.46. The highest BCUT2D eigenvalue weighted by molar-refractivity contribution is 5.91. The van der Waals surface area contributed by atoms with E-state index in [0.717, 1.165) is 64.9 Å². The van der Waals surface area contributed by atoms with E-state index in [0.29, 0.717) is 18.4 Å². The lowest BCUT2D eigenvalue weighted by Crippen LogP contribution is -2.25. The van der Waals surface area contributed by atoms with Crippen molar-refractivity contribution in [3.8, 4) is 23.1 Å². The van der Waals surface area contributed by atoms with Crippen LogP contribution in [0.3, 0.4) is 0 Å². The van der Waals surface area contributed by atoms with Crippen molar-refractivity contribution in [3.05, 3.63) is 70.8 Å². The zero-order chi connectivity index (χ0) is 26.1. The number of carbonyl (C=O) groups is 2. The first kappa shape index (κ1) is 22.8. The number of aryl methyl sites for hydroxylation is 1. The number of benzene rings is 2. The van der Waals surface area contributed by atoms with E-state index in [9.17, 15) is 9.59 Å². The Morgan fingerprint density at radius 1 is 1.13 bits per heavy atom. The number of para-hydroxylation sites is 1. The molecule has 0 radical (unpaired) electrons. The monoisotopic (exact) mass is 504 g/mol. The first-order valence-corrected chi connectivity index (χ1v) is 13.1. The molecule has 190 valence electrons. The number of nitrogens with zero attached hydrogens (tertiary/aromatic N) is 5. The Labute approximate surface area is 220 Å². The maximum atomic E-state index is 12.6. The molecule has 3 heterocycles. The molecule has 2 fully saturated rings. The Bertz CT molecular complexity index is 1710. The van der Waals surface area contributed by atoms with Crippen LogP contribution in [-0.4, -0.2) is 49.6 Å². The summed E-state index contributed by atoms with van der Waals surface area (Å²) >= 11 is 0. The minimum absolute atomic E-state index is 0.0854. The first-order valence-electron chi connectivity index (χ1n) is 13.1. The van der Waals surface area contributed by atoms with Crippen molar-refractivity contribution >= 4 is 22.7 Å². The predicted octanol–water partition coefficient (Wildman–Crippen LogP) is 3.39. The molecule has 3 aliphatic carbocycles.